The molecule has 0 spiro atoms. The van der Waals surface area contributed by atoms with Gasteiger partial charge in [-0.1, -0.05) is 0 Å². The van der Waals surface area contributed by atoms with E-state index in [0.717, 1.165) is 44.4 Å². The van der Waals surface area contributed by atoms with E-state index in [0.29, 0.717) is 6.04 Å². The predicted molar refractivity (Wildman–Crippen MR) is 60.2 cm³/mol. The maximum Gasteiger partial charge on any atom is 0.191 e. The van der Waals surface area contributed by atoms with E-state index in [9.17, 15) is 0 Å². The van der Waals surface area contributed by atoms with Crippen LogP contribution in [-0.4, -0.2) is 49.3 Å². The van der Waals surface area contributed by atoms with Crippen molar-refractivity contribution in [1.29, 1.82) is 0 Å². The van der Waals surface area contributed by atoms with Crippen molar-refractivity contribution >= 4 is 0 Å². The topological polar surface area (TPSA) is 50.5 Å². The summed E-state index contributed by atoms with van der Waals surface area (Å²) < 4.78 is 10.4. The number of methoxy groups -OCH3 is 1. The Morgan fingerprint density at radius 3 is 3.25 bits per heavy atom. The zero-order valence-corrected chi connectivity index (χ0v) is 9.90. The lowest BCUT2D eigenvalue weighted by atomic mass is 10.2. The molecule has 1 aliphatic heterocycles. The number of hydrogen-bond acceptors (Lipinski definition) is 5. The fourth-order valence-electron chi connectivity index (χ4n) is 2.06. The highest BCUT2D eigenvalue weighted by Gasteiger charge is 2.19. The Hall–Kier alpha value is -0.910. The first kappa shape index (κ1) is 11.6. The largest absolute Gasteiger partial charge is 0.449 e. The van der Waals surface area contributed by atoms with Gasteiger partial charge in [0.1, 0.15) is 6.26 Å². The van der Waals surface area contributed by atoms with Crippen molar-refractivity contribution in [2.24, 2.45) is 0 Å². The zero-order valence-electron chi connectivity index (χ0n) is 9.90. The highest BCUT2D eigenvalue weighted by atomic mass is 16.5. The average Bonchev–Trinajstić information content (AvgIpc) is 2.65. The first-order chi connectivity index (χ1) is 7.78. The minimum absolute atomic E-state index is 0.423. The molecule has 1 aromatic rings. The van der Waals surface area contributed by atoms with Gasteiger partial charge in [0.25, 0.3) is 0 Å². The van der Waals surface area contributed by atoms with Crippen LogP contribution in [0.25, 0.3) is 0 Å². The Labute approximate surface area is 95.8 Å². The van der Waals surface area contributed by atoms with Gasteiger partial charge >= 0.3 is 0 Å². The molecule has 5 heteroatoms. The van der Waals surface area contributed by atoms with E-state index in [2.05, 4.69) is 15.2 Å². The molecule has 1 fully saturated rings. The lowest BCUT2D eigenvalue weighted by Gasteiger charge is -2.32. The number of oxazole rings is 1. The van der Waals surface area contributed by atoms with Gasteiger partial charge in [0.2, 0.25) is 0 Å². The molecule has 0 amide bonds. The molecule has 0 radical (unpaired) electrons. The van der Waals surface area contributed by atoms with Crippen LogP contribution in [0.15, 0.2) is 10.7 Å². The van der Waals surface area contributed by atoms with Crippen LogP contribution in [0.1, 0.15) is 11.6 Å². The molecule has 1 aromatic heterocycles. The Kier molecular flexibility index (Phi) is 3.93. The van der Waals surface area contributed by atoms with Gasteiger partial charge in [-0.25, -0.2) is 4.98 Å². The fourth-order valence-corrected chi connectivity index (χ4v) is 2.06. The molecule has 5 nitrogen and oxygen atoms in total. The number of ether oxygens (including phenoxy) is 1. The van der Waals surface area contributed by atoms with Crippen LogP contribution < -0.4 is 5.32 Å². The molecule has 1 aliphatic rings. The molecule has 2 heterocycles. The zero-order chi connectivity index (χ0) is 11.4. The van der Waals surface area contributed by atoms with Crippen molar-refractivity contribution in [3.05, 3.63) is 17.8 Å². The summed E-state index contributed by atoms with van der Waals surface area (Å²) in [6, 6.07) is 0.423. The Balaban J connectivity index is 1.85. The molecule has 90 valence electrons. The number of aryl methyl sites for hydroxylation is 1. The van der Waals surface area contributed by atoms with E-state index in [1.54, 1.807) is 13.4 Å². The first-order valence-corrected chi connectivity index (χ1v) is 5.63. The van der Waals surface area contributed by atoms with Crippen LogP contribution in [0.4, 0.5) is 0 Å². The predicted octanol–water partition coefficient (Wildman–Crippen LogP) is 0.403. The molecule has 0 saturated carbocycles. The summed E-state index contributed by atoms with van der Waals surface area (Å²) in [7, 11) is 1.74. The molecule has 1 N–H and O–H groups in total. The molecule has 0 aromatic carbocycles. The van der Waals surface area contributed by atoms with Crippen molar-refractivity contribution in [2.75, 3.05) is 33.4 Å². The van der Waals surface area contributed by atoms with E-state index in [4.69, 9.17) is 9.15 Å². The van der Waals surface area contributed by atoms with E-state index < -0.39 is 0 Å². The molecular formula is C11H19N3O2. The lowest BCUT2D eigenvalue weighted by molar-refractivity contribution is 0.112. The maximum absolute atomic E-state index is 5.20. The van der Waals surface area contributed by atoms with Gasteiger partial charge in [-0.2, -0.15) is 0 Å². The van der Waals surface area contributed by atoms with Gasteiger partial charge in [0, 0.05) is 46.3 Å². The van der Waals surface area contributed by atoms with Gasteiger partial charge in [0.15, 0.2) is 5.89 Å². The van der Waals surface area contributed by atoms with Gasteiger partial charge in [-0.15, -0.1) is 0 Å². The smallest absolute Gasteiger partial charge is 0.191 e. The molecule has 0 bridgehead atoms. The van der Waals surface area contributed by atoms with Crippen LogP contribution in [0.2, 0.25) is 0 Å². The molecule has 0 aliphatic carbocycles. The minimum Gasteiger partial charge on any atom is -0.449 e. The second kappa shape index (κ2) is 5.43. The molecular weight excluding hydrogens is 206 g/mol. The van der Waals surface area contributed by atoms with Crippen LogP contribution in [0.3, 0.4) is 0 Å². The van der Waals surface area contributed by atoms with Crippen LogP contribution >= 0.6 is 0 Å². The third-order valence-electron chi connectivity index (χ3n) is 2.76. The fraction of sp³-hybridized carbons (Fsp3) is 0.727. The van der Waals surface area contributed by atoms with Crippen molar-refractivity contribution in [1.82, 2.24) is 15.2 Å². The van der Waals surface area contributed by atoms with Crippen LogP contribution in [-0.2, 0) is 11.3 Å². The minimum atomic E-state index is 0.423. The van der Waals surface area contributed by atoms with Crippen LogP contribution in [0, 0.1) is 6.92 Å². The molecule has 16 heavy (non-hydrogen) atoms. The Morgan fingerprint density at radius 2 is 2.56 bits per heavy atom. The highest BCUT2D eigenvalue weighted by molar-refractivity contribution is 4.96. The number of piperazine rings is 1. The van der Waals surface area contributed by atoms with Gasteiger partial charge in [-0.05, 0) is 0 Å². The standard InChI is InChI=1S/C11H19N3O2/c1-9-13-11(8-16-9)6-14-4-3-12-10(5-14)7-15-2/h8,10,12H,3-7H2,1-2H3/t10-/m0/s1. The SMILES string of the molecule is COC[C@@H]1CN(Cc2coc(C)n2)CCN1. The summed E-state index contributed by atoms with van der Waals surface area (Å²) in [5.41, 5.74) is 1.01. The Bertz CT molecular complexity index is 325. The monoisotopic (exact) mass is 225 g/mol. The van der Waals surface area contributed by atoms with E-state index >= 15 is 0 Å². The lowest BCUT2D eigenvalue weighted by Crippen LogP contribution is -2.52. The third-order valence-corrected chi connectivity index (χ3v) is 2.76. The summed E-state index contributed by atoms with van der Waals surface area (Å²) in [6.07, 6.45) is 1.74. The van der Waals surface area contributed by atoms with Gasteiger partial charge in [-0.3, -0.25) is 4.90 Å². The van der Waals surface area contributed by atoms with Crippen molar-refractivity contribution < 1.29 is 9.15 Å². The highest BCUT2D eigenvalue weighted by Crippen LogP contribution is 2.07. The summed E-state index contributed by atoms with van der Waals surface area (Å²) in [5, 5.41) is 3.43. The number of rotatable bonds is 4. The number of nitrogens with one attached hydrogen (secondary N) is 1. The van der Waals surface area contributed by atoms with Crippen LogP contribution in [0.5, 0.6) is 0 Å². The van der Waals surface area contributed by atoms with Crippen molar-refractivity contribution in [3.63, 3.8) is 0 Å². The van der Waals surface area contributed by atoms with E-state index in [1.165, 1.54) is 0 Å². The summed E-state index contributed by atoms with van der Waals surface area (Å²) >= 11 is 0. The first-order valence-electron chi connectivity index (χ1n) is 5.63. The van der Waals surface area contributed by atoms with E-state index in [-0.39, 0.29) is 0 Å². The molecule has 1 atom stereocenters. The number of nitrogens with zero attached hydrogens (tertiary/aromatic N) is 2. The van der Waals surface area contributed by atoms with E-state index in [1.807, 2.05) is 6.92 Å². The van der Waals surface area contributed by atoms with Crippen molar-refractivity contribution in [3.8, 4) is 0 Å². The second-order valence-corrected chi connectivity index (χ2v) is 4.20. The number of aromatic nitrogens is 1. The Morgan fingerprint density at radius 1 is 1.69 bits per heavy atom. The normalized spacial score (nSPS) is 22.5. The number of hydrogen-bond donors (Lipinski definition) is 1. The molecule has 1 saturated heterocycles. The summed E-state index contributed by atoms with van der Waals surface area (Å²) in [5.74, 6) is 0.735. The average molecular weight is 225 g/mol. The van der Waals surface area contributed by atoms with Gasteiger partial charge < -0.3 is 14.5 Å². The quantitative estimate of drug-likeness (QED) is 0.804. The molecule has 2 rings (SSSR count). The summed E-state index contributed by atoms with van der Waals surface area (Å²) in [6.45, 7) is 6.54. The maximum atomic E-state index is 5.20. The van der Waals surface area contributed by atoms with Crippen molar-refractivity contribution in [2.45, 2.75) is 19.5 Å². The second-order valence-electron chi connectivity index (χ2n) is 4.20. The third kappa shape index (κ3) is 3.04. The summed E-state index contributed by atoms with van der Waals surface area (Å²) in [4.78, 5) is 6.69. The van der Waals surface area contributed by atoms with Gasteiger partial charge in [0.05, 0.1) is 12.3 Å². The molecule has 0 unspecified atom stereocenters.